The van der Waals surface area contributed by atoms with E-state index in [1.807, 2.05) is 26.5 Å². The number of nitrogens with one attached hydrogen (secondary N) is 1. The van der Waals surface area contributed by atoms with E-state index < -0.39 is 0 Å². The third-order valence-electron chi connectivity index (χ3n) is 2.41. The van der Waals surface area contributed by atoms with E-state index in [9.17, 15) is 0 Å². The molecule has 1 heterocycles. The normalized spacial score (nSPS) is 13.1. The Kier molecular flexibility index (Phi) is 4.62. The van der Waals surface area contributed by atoms with Gasteiger partial charge in [-0.2, -0.15) is 0 Å². The maximum absolute atomic E-state index is 5.11. The molecule has 0 bridgehead atoms. The number of aryl methyl sites for hydroxylation is 2. The van der Waals surface area contributed by atoms with E-state index >= 15 is 0 Å². The molecule has 0 aromatic carbocycles. The van der Waals surface area contributed by atoms with Crippen molar-refractivity contribution < 1.29 is 4.74 Å². The Hall–Kier alpha value is -0.870. The Morgan fingerprint density at radius 3 is 2.93 bits per heavy atom. The van der Waals surface area contributed by atoms with Crippen molar-refractivity contribution in [1.82, 2.24) is 14.9 Å². The third-order valence-corrected chi connectivity index (χ3v) is 2.41. The molecular weight excluding hydrogens is 178 g/mol. The molecule has 80 valence electrons. The average molecular weight is 197 g/mol. The first-order valence-corrected chi connectivity index (χ1v) is 4.90. The second-order valence-corrected chi connectivity index (χ2v) is 3.43. The number of methoxy groups -OCH3 is 1. The lowest BCUT2D eigenvalue weighted by atomic mass is 10.1. The molecule has 0 aliphatic heterocycles. The number of rotatable bonds is 6. The number of hydrogen-bond acceptors (Lipinski definition) is 3. The van der Waals surface area contributed by atoms with Gasteiger partial charge in [0.1, 0.15) is 5.82 Å². The SMILES string of the molecule is CNC(CCc1nccn1C)COC. The molecule has 1 atom stereocenters. The van der Waals surface area contributed by atoms with Gasteiger partial charge in [0, 0.05) is 39.0 Å². The topological polar surface area (TPSA) is 39.1 Å². The molecule has 0 aliphatic carbocycles. The highest BCUT2D eigenvalue weighted by Gasteiger charge is 2.07. The Bertz CT molecular complexity index is 260. The summed E-state index contributed by atoms with van der Waals surface area (Å²) in [5.74, 6) is 1.13. The molecule has 1 unspecified atom stereocenters. The average Bonchev–Trinajstić information content (AvgIpc) is 2.59. The molecule has 1 aromatic rings. The molecule has 0 spiro atoms. The predicted molar refractivity (Wildman–Crippen MR) is 56.3 cm³/mol. The Balaban J connectivity index is 2.35. The number of aromatic nitrogens is 2. The minimum Gasteiger partial charge on any atom is -0.383 e. The first-order chi connectivity index (χ1) is 6.77. The molecule has 4 nitrogen and oxygen atoms in total. The van der Waals surface area contributed by atoms with E-state index in [-0.39, 0.29) is 0 Å². The van der Waals surface area contributed by atoms with Crippen LogP contribution in [0.25, 0.3) is 0 Å². The highest BCUT2D eigenvalue weighted by atomic mass is 16.5. The van der Waals surface area contributed by atoms with Crippen molar-refractivity contribution in [3.05, 3.63) is 18.2 Å². The summed E-state index contributed by atoms with van der Waals surface area (Å²) in [7, 11) is 5.71. The number of ether oxygens (including phenoxy) is 1. The lowest BCUT2D eigenvalue weighted by Gasteiger charge is -2.14. The Morgan fingerprint density at radius 2 is 2.43 bits per heavy atom. The second kappa shape index (κ2) is 5.78. The van der Waals surface area contributed by atoms with Crippen LogP contribution < -0.4 is 5.32 Å². The van der Waals surface area contributed by atoms with Gasteiger partial charge in [0.15, 0.2) is 0 Å². The third kappa shape index (κ3) is 3.12. The zero-order valence-corrected chi connectivity index (χ0v) is 9.16. The van der Waals surface area contributed by atoms with Gasteiger partial charge >= 0.3 is 0 Å². The molecular formula is C10H19N3O. The maximum Gasteiger partial charge on any atom is 0.108 e. The van der Waals surface area contributed by atoms with Crippen molar-refractivity contribution in [2.45, 2.75) is 18.9 Å². The van der Waals surface area contributed by atoms with Crippen molar-refractivity contribution in [1.29, 1.82) is 0 Å². The van der Waals surface area contributed by atoms with Crippen LogP contribution in [0, 0.1) is 0 Å². The Labute approximate surface area is 85.3 Å². The quantitative estimate of drug-likeness (QED) is 0.725. The first kappa shape index (κ1) is 11.2. The zero-order valence-electron chi connectivity index (χ0n) is 9.16. The first-order valence-electron chi connectivity index (χ1n) is 4.90. The molecule has 1 aromatic heterocycles. The van der Waals surface area contributed by atoms with E-state index in [1.54, 1.807) is 7.11 Å². The molecule has 0 radical (unpaired) electrons. The van der Waals surface area contributed by atoms with Crippen LogP contribution in [0.1, 0.15) is 12.2 Å². The zero-order chi connectivity index (χ0) is 10.4. The number of imidazole rings is 1. The highest BCUT2D eigenvalue weighted by Crippen LogP contribution is 2.02. The molecule has 4 heteroatoms. The van der Waals surface area contributed by atoms with Crippen LogP contribution in [0.4, 0.5) is 0 Å². The summed E-state index contributed by atoms with van der Waals surface area (Å²) < 4.78 is 7.16. The van der Waals surface area contributed by atoms with Gasteiger partial charge in [0.2, 0.25) is 0 Å². The van der Waals surface area contributed by atoms with Gasteiger partial charge in [-0.3, -0.25) is 0 Å². The predicted octanol–water partition coefficient (Wildman–Crippen LogP) is 0.587. The van der Waals surface area contributed by atoms with E-state index in [0.29, 0.717) is 6.04 Å². The summed E-state index contributed by atoms with van der Waals surface area (Å²) in [6.07, 6.45) is 5.84. The van der Waals surface area contributed by atoms with Crippen molar-refractivity contribution in [3.8, 4) is 0 Å². The van der Waals surface area contributed by atoms with E-state index in [4.69, 9.17) is 4.74 Å². The van der Waals surface area contributed by atoms with Crippen molar-refractivity contribution in [3.63, 3.8) is 0 Å². The van der Waals surface area contributed by atoms with Gasteiger partial charge in [-0.15, -0.1) is 0 Å². The monoisotopic (exact) mass is 197 g/mol. The largest absolute Gasteiger partial charge is 0.383 e. The smallest absolute Gasteiger partial charge is 0.108 e. The molecule has 0 fully saturated rings. The summed E-state index contributed by atoms with van der Waals surface area (Å²) >= 11 is 0. The molecule has 14 heavy (non-hydrogen) atoms. The molecule has 0 saturated heterocycles. The fourth-order valence-electron chi connectivity index (χ4n) is 1.45. The van der Waals surface area contributed by atoms with Crippen molar-refractivity contribution in [2.24, 2.45) is 7.05 Å². The van der Waals surface area contributed by atoms with Crippen LogP contribution in [-0.4, -0.2) is 36.4 Å². The number of hydrogen-bond donors (Lipinski definition) is 1. The summed E-state index contributed by atoms with van der Waals surface area (Å²) in [5, 5.41) is 3.22. The van der Waals surface area contributed by atoms with Gasteiger partial charge in [-0.1, -0.05) is 0 Å². The van der Waals surface area contributed by atoms with E-state index in [1.165, 1.54) is 0 Å². The van der Waals surface area contributed by atoms with Crippen LogP contribution in [0.5, 0.6) is 0 Å². The number of nitrogens with zero attached hydrogens (tertiary/aromatic N) is 2. The fourth-order valence-corrected chi connectivity index (χ4v) is 1.45. The lowest BCUT2D eigenvalue weighted by molar-refractivity contribution is 0.166. The molecule has 0 saturated carbocycles. The lowest BCUT2D eigenvalue weighted by Crippen LogP contribution is -2.30. The van der Waals surface area contributed by atoms with Gasteiger partial charge in [0.25, 0.3) is 0 Å². The van der Waals surface area contributed by atoms with Crippen LogP contribution in [0.2, 0.25) is 0 Å². The van der Waals surface area contributed by atoms with Crippen molar-refractivity contribution in [2.75, 3.05) is 20.8 Å². The van der Waals surface area contributed by atoms with E-state index in [0.717, 1.165) is 25.3 Å². The van der Waals surface area contributed by atoms with E-state index in [2.05, 4.69) is 14.9 Å². The minimum atomic E-state index is 0.414. The molecule has 0 aliphatic rings. The molecule has 1 rings (SSSR count). The summed E-state index contributed by atoms with van der Waals surface area (Å²) in [5.41, 5.74) is 0. The van der Waals surface area contributed by atoms with Gasteiger partial charge < -0.3 is 14.6 Å². The van der Waals surface area contributed by atoms with Crippen LogP contribution in [0.15, 0.2) is 12.4 Å². The molecule has 1 N–H and O–H groups in total. The van der Waals surface area contributed by atoms with Gasteiger partial charge in [-0.25, -0.2) is 4.98 Å². The Morgan fingerprint density at radius 1 is 1.64 bits per heavy atom. The van der Waals surface area contributed by atoms with Gasteiger partial charge in [0.05, 0.1) is 6.61 Å². The summed E-state index contributed by atoms with van der Waals surface area (Å²) in [6.45, 7) is 0.751. The second-order valence-electron chi connectivity index (χ2n) is 3.43. The molecule has 0 amide bonds. The summed E-state index contributed by atoms with van der Waals surface area (Å²) in [4.78, 5) is 4.28. The maximum atomic E-state index is 5.11. The highest BCUT2D eigenvalue weighted by molar-refractivity contribution is 4.91. The van der Waals surface area contributed by atoms with Crippen LogP contribution >= 0.6 is 0 Å². The fraction of sp³-hybridized carbons (Fsp3) is 0.700. The summed E-state index contributed by atoms with van der Waals surface area (Å²) in [6, 6.07) is 0.414. The van der Waals surface area contributed by atoms with Crippen molar-refractivity contribution >= 4 is 0 Å². The van der Waals surface area contributed by atoms with Gasteiger partial charge in [-0.05, 0) is 13.5 Å². The van der Waals surface area contributed by atoms with Crippen LogP contribution in [-0.2, 0) is 18.2 Å². The number of likely N-dealkylation sites (N-methyl/N-ethyl adjacent to an activating group) is 1. The standard InChI is InChI=1S/C10H19N3O/c1-11-9(8-14-3)4-5-10-12-6-7-13(10)2/h6-7,9,11H,4-5,8H2,1-3H3. The van der Waals surface area contributed by atoms with Crippen LogP contribution in [0.3, 0.4) is 0 Å². The minimum absolute atomic E-state index is 0.414.